The summed E-state index contributed by atoms with van der Waals surface area (Å²) < 4.78 is 0. The van der Waals surface area contributed by atoms with Crippen molar-refractivity contribution in [1.29, 1.82) is 0 Å². The highest BCUT2D eigenvalue weighted by Gasteiger charge is 2.31. The fraction of sp³-hybridized carbons (Fsp3) is 0.889. The molecule has 2 aliphatic heterocycles. The van der Waals surface area contributed by atoms with Gasteiger partial charge in [0.15, 0.2) is 0 Å². The van der Waals surface area contributed by atoms with Crippen LogP contribution in [0, 0.1) is 11.8 Å². The number of likely N-dealkylation sites (tertiary alicyclic amines) is 1. The van der Waals surface area contributed by atoms with E-state index in [9.17, 15) is 9.59 Å². The van der Waals surface area contributed by atoms with Crippen LogP contribution in [0.15, 0.2) is 0 Å². The van der Waals surface area contributed by atoms with Crippen LogP contribution in [0.4, 0.5) is 4.79 Å². The Morgan fingerprint density at radius 3 is 2.12 bits per heavy atom. The molecule has 1 atom stereocenters. The molecule has 1 unspecified atom stereocenters. The zero-order chi connectivity index (χ0) is 16.9. The van der Waals surface area contributed by atoms with Crippen LogP contribution in [0.2, 0.25) is 0 Å². The average molecular weight is 373 g/mol. The Labute approximate surface area is 157 Å². The summed E-state index contributed by atoms with van der Waals surface area (Å²) in [5, 5.41) is 9.59. The zero-order valence-electron chi connectivity index (χ0n) is 15.3. The fourth-order valence-electron chi connectivity index (χ4n) is 3.95. The summed E-state index contributed by atoms with van der Waals surface area (Å²) in [5.74, 6) is 0.733. The molecule has 0 aromatic rings. The standard InChI is InChI=1S/C18H32N4O2.ClH/c1-13(14-11-19-12-14)17(23)20-16-7-9-22(10-8-16)18(24)21-15-5-3-2-4-6-15;/h13-16,19H,2-12H2,1H3,(H,20,23)(H,21,24);1H. The van der Waals surface area contributed by atoms with Crippen molar-refractivity contribution in [2.75, 3.05) is 26.2 Å². The molecule has 0 aromatic heterocycles. The maximum atomic E-state index is 12.4. The minimum absolute atomic E-state index is 0. The smallest absolute Gasteiger partial charge is 0.317 e. The van der Waals surface area contributed by atoms with Gasteiger partial charge in [0.1, 0.15) is 0 Å². The van der Waals surface area contributed by atoms with Gasteiger partial charge in [-0.25, -0.2) is 4.79 Å². The van der Waals surface area contributed by atoms with E-state index < -0.39 is 0 Å². The van der Waals surface area contributed by atoms with E-state index in [1.807, 2.05) is 11.8 Å². The molecule has 1 aliphatic carbocycles. The van der Waals surface area contributed by atoms with Gasteiger partial charge in [-0.3, -0.25) is 4.79 Å². The van der Waals surface area contributed by atoms with E-state index in [0.717, 1.165) is 51.9 Å². The number of halogens is 1. The Morgan fingerprint density at radius 1 is 0.960 bits per heavy atom. The van der Waals surface area contributed by atoms with Crippen molar-refractivity contribution in [1.82, 2.24) is 20.9 Å². The Hall–Kier alpha value is -1.01. The molecule has 0 aromatic carbocycles. The molecular formula is C18H33ClN4O2. The summed E-state index contributed by atoms with van der Waals surface area (Å²) in [6, 6.07) is 0.660. The first-order valence-electron chi connectivity index (χ1n) is 9.70. The summed E-state index contributed by atoms with van der Waals surface area (Å²) in [5.41, 5.74) is 0. The third-order valence-corrected chi connectivity index (χ3v) is 6.00. The molecule has 25 heavy (non-hydrogen) atoms. The van der Waals surface area contributed by atoms with E-state index in [4.69, 9.17) is 0 Å². The molecule has 7 heteroatoms. The number of piperidine rings is 1. The Morgan fingerprint density at radius 2 is 1.56 bits per heavy atom. The SMILES string of the molecule is CC(C(=O)NC1CCN(C(=O)NC2CCCCC2)CC1)C1CNC1.Cl. The number of nitrogens with one attached hydrogen (secondary N) is 3. The number of rotatable bonds is 4. The van der Waals surface area contributed by atoms with Crippen LogP contribution in [0.5, 0.6) is 0 Å². The second kappa shape index (κ2) is 9.62. The van der Waals surface area contributed by atoms with E-state index in [-0.39, 0.29) is 36.3 Å². The van der Waals surface area contributed by atoms with Crippen molar-refractivity contribution < 1.29 is 9.59 Å². The maximum Gasteiger partial charge on any atom is 0.317 e. The fourth-order valence-corrected chi connectivity index (χ4v) is 3.95. The normalized spacial score (nSPS) is 24.0. The van der Waals surface area contributed by atoms with Gasteiger partial charge in [-0.2, -0.15) is 0 Å². The van der Waals surface area contributed by atoms with Crippen molar-refractivity contribution in [2.24, 2.45) is 11.8 Å². The largest absolute Gasteiger partial charge is 0.353 e. The third-order valence-electron chi connectivity index (χ3n) is 6.00. The Bertz CT molecular complexity index is 444. The number of hydrogen-bond donors (Lipinski definition) is 3. The third kappa shape index (κ3) is 5.48. The van der Waals surface area contributed by atoms with Crippen LogP contribution < -0.4 is 16.0 Å². The van der Waals surface area contributed by atoms with Crippen molar-refractivity contribution in [3.8, 4) is 0 Å². The van der Waals surface area contributed by atoms with Crippen molar-refractivity contribution >= 4 is 24.3 Å². The summed E-state index contributed by atoms with van der Waals surface area (Å²) in [7, 11) is 0. The average Bonchev–Trinajstić information content (AvgIpc) is 2.54. The number of hydrogen-bond acceptors (Lipinski definition) is 3. The van der Waals surface area contributed by atoms with Crippen LogP contribution in [0.25, 0.3) is 0 Å². The highest BCUT2D eigenvalue weighted by Crippen LogP contribution is 2.19. The summed E-state index contributed by atoms with van der Waals surface area (Å²) in [4.78, 5) is 26.6. The molecule has 0 spiro atoms. The van der Waals surface area contributed by atoms with Gasteiger partial charge >= 0.3 is 6.03 Å². The molecule has 3 N–H and O–H groups in total. The minimum atomic E-state index is 0. The number of carbonyl (C=O) groups excluding carboxylic acids is 2. The molecule has 2 saturated heterocycles. The lowest BCUT2D eigenvalue weighted by atomic mass is 9.88. The van der Waals surface area contributed by atoms with Gasteiger partial charge in [0, 0.05) is 31.1 Å². The summed E-state index contributed by atoms with van der Waals surface area (Å²) >= 11 is 0. The zero-order valence-corrected chi connectivity index (χ0v) is 16.1. The van der Waals surface area contributed by atoms with Gasteiger partial charge in [-0.05, 0) is 44.7 Å². The van der Waals surface area contributed by atoms with Crippen LogP contribution >= 0.6 is 12.4 Å². The molecule has 1 saturated carbocycles. The van der Waals surface area contributed by atoms with Crippen LogP contribution in [0.3, 0.4) is 0 Å². The van der Waals surface area contributed by atoms with Gasteiger partial charge in [0.05, 0.1) is 0 Å². The van der Waals surface area contributed by atoms with Crippen molar-refractivity contribution in [3.05, 3.63) is 0 Å². The summed E-state index contributed by atoms with van der Waals surface area (Å²) in [6.45, 7) is 5.40. The predicted molar refractivity (Wildman–Crippen MR) is 101 cm³/mol. The minimum Gasteiger partial charge on any atom is -0.353 e. The van der Waals surface area contributed by atoms with Gasteiger partial charge < -0.3 is 20.9 Å². The lowest BCUT2D eigenvalue weighted by molar-refractivity contribution is -0.127. The van der Waals surface area contributed by atoms with Crippen LogP contribution in [-0.2, 0) is 4.79 Å². The summed E-state index contributed by atoms with van der Waals surface area (Å²) in [6.07, 6.45) is 7.71. The maximum absolute atomic E-state index is 12.4. The number of nitrogens with zero attached hydrogens (tertiary/aromatic N) is 1. The molecule has 3 aliphatic rings. The van der Waals surface area contributed by atoms with Crippen LogP contribution in [-0.4, -0.2) is 55.1 Å². The second-order valence-corrected chi connectivity index (χ2v) is 7.76. The van der Waals surface area contributed by atoms with Gasteiger partial charge in [-0.15, -0.1) is 12.4 Å². The van der Waals surface area contributed by atoms with E-state index in [2.05, 4.69) is 16.0 Å². The number of amides is 3. The first kappa shape index (κ1) is 20.3. The quantitative estimate of drug-likeness (QED) is 0.705. The Balaban J connectivity index is 0.00000225. The van der Waals surface area contributed by atoms with E-state index in [0.29, 0.717) is 12.0 Å². The highest BCUT2D eigenvalue weighted by atomic mass is 35.5. The van der Waals surface area contributed by atoms with Gasteiger partial charge in [-0.1, -0.05) is 26.2 Å². The molecular weight excluding hydrogens is 340 g/mol. The Kier molecular flexibility index (Phi) is 7.81. The molecule has 3 fully saturated rings. The second-order valence-electron chi connectivity index (χ2n) is 7.76. The first-order chi connectivity index (χ1) is 11.6. The molecule has 0 bridgehead atoms. The van der Waals surface area contributed by atoms with E-state index in [1.54, 1.807) is 0 Å². The monoisotopic (exact) mass is 372 g/mol. The molecule has 2 heterocycles. The predicted octanol–water partition coefficient (Wildman–Crippen LogP) is 1.89. The van der Waals surface area contributed by atoms with Gasteiger partial charge in [0.25, 0.3) is 0 Å². The first-order valence-corrected chi connectivity index (χ1v) is 9.70. The number of urea groups is 1. The molecule has 144 valence electrons. The molecule has 0 radical (unpaired) electrons. The topological polar surface area (TPSA) is 73.5 Å². The highest BCUT2D eigenvalue weighted by molar-refractivity contribution is 5.85. The van der Waals surface area contributed by atoms with E-state index in [1.165, 1.54) is 19.3 Å². The lowest BCUT2D eigenvalue weighted by Gasteiger charge is -2.36. The van der Waals surface area contributed by atoms with Crippen molar-refractivity contribution in [2.45, 2.75) is 64.0 Å². The molecule has 3 amide bonds. The van der Waals surface area contributed by atoms with E-state index >= 15 is 0 Å². The lowest BCUT2D eigenvalue weighted by Crippen LogP contribution is -2.54. The molecule has 3 rings (SSSR count). The number of carbonyl (C=O) groups is 2. The van der Waals surface area contributed by atoms with Crippen molar-refractivity contribution in [3.63, 3.8) is 0 Å². The molecule has 6 nitrogen and oxygen atoms in total. The van der Waals surface area contributed by atoms with Crippen LogP contribution in [0.1, 0.15) is 51.9 Å². The van der Waals surface area contributed by atoms with Gasteiger partial charge in [0.2, 0.25) is 5.91 Å².